The van der Waals surface area contributed by atoms with Gasteiger partial charge in [-0.25, -0.2) is 9.97 Å². The van der Waals surface area contributed by atoms with Crippen molar-refractivity contribution in [2.24, 2.45) is 11.8 Å². The average Bonchev–Trinajstić information content (AvgIpc) is 3.36. The van der Waals surface area contributed by atoms with Gasteiger partial charge in [-0.2, -0.15) is 0 Å². The lowest BCUT2D eigenvalue weighted by molar-refractivity contribution is -0.130. The Morgan fingerprint density at radius 2 is 2.03 bits per heavy atom. The Morgan fingerprint density at radius 1 is 1.20 bits per heavy atom. The van der Waals surface area contributed by atoms with E-state index in [9.17, 15) is 9.90 Å². The van der Waals surface area contributed by atoms with Crippen LogP contribution in [-0.4, -0.2) is 56.1 Å². The van der Waals surface area contributed by atoms with Crippen molar-refractivity contribution in [3.05, 3.63) is 47.9 Å². The van der Waals surface area contributed by atoms with Crippen molar-refractivity contribution < 1.29 is 9.90 Å². The van der Waals surface area contributed by atoms with E-state index in [-0.39, 0.29) is 11.9 Å². The van der Waals surface area contributed by atoms with Crippen LogP contribution in [0.5, 0.6) is 0 Å². The molecule has 2 N–H and O–H groups in total. The van der Waals surface area contributed by atoms with Crippen molar-refractivity contribution in [1.82, 2.24) is 19.9 Å². The molecule has 1 saturated carbocycles. The molecule has 2 aromatic heterocycles. The summed E-state index contributed by atoms with van der Waals surface area (Å²) in [5.74, 6) is 1.65. The smallest absolute Gasteiger partial charge is 0.223 e. The Balaban J connectivity index is 1.17. The zero-order valence-corrected chi connectivity index (χ0v) is 17.5. The maximum Gasteiger partial charge on any atom is 0.223 e. The van der Waals surface area contributed by atoms with Gasteiger partial charge >= 0.3 is 0 Å². The van der Waals surface area contributed by atoms with E-state index in [1.807, 2.05) is 23.1 Å². The molecule has 0 bridgehead atoms. The first-order valence-electron chi connectivity index (χ1n) is 10.5. The molecule has 8 heteroatoms. The minimum absolute atomic E-state index is 0.0549. The second-order valence-electron chi connectivity index (χ2n) is 8.27. The van der Waals surface area contributed by atoms with E-state index >= 15 is 0 Å². The molecule has 7 nitrogen and oxygen atoms in total. The van der Waals surface area contributed by atoms with Gasteiger partial charge in [-0.1, -0.05) is 12.1 Å². The Bertz CT molecular complexity index is 994. The summed E-state index contributed by atoms with van der Waals surface area (Å²) in [6, 6.07) is 8.03. The predicted octanol–water partition coefficient (Wildman–Crippen LogP) is 2.73. The first kappa shape index (κ1) is 19.4. The standard InChI is InChI=1S/C22H25N5O2S/c28-18-10-15-13-27(12-14(15)9-17(18)25-20-11-23-7-8-24-20)22(29)6-5-21-26-16-3-1-2-4-19(16)30-21/h1-4,7-8,11,14-15,17-18,28H,5-6,9-10,12-13H2,(H,24,25)/t14-,15+,17-,18-/m1/s1. The Hall–Kier alpha value is -2.58. The predicted molar refractivity (Wildman–Crippen MR) is 116 cm³/mol. The first-order valence-corrected chi connectivity index (χ1v) is 11.3. The molecule has 4 atom stereocenters. The lowest BCUT2D eigenvalue weighted by Crippen LogP contribution is -2.43. The summed E-state index contributed by atoms with van der Waals surface area (Å²) >= 11 is 1.67. The van der Waals surface area contributed by atoms with Gasteiger partial charge in [0.1, 0.15) is 5.82 Å². The second-order valence-corrected chi connectivity index (χ2v) is 9.39. The summed E-state index contributed by atoms with van der Waals surface area (Å²) in [5, 5.41) is 14.9. The van der Waals surface area contributed by atoms with E-state index in [1.54, 1.807) is 29.9 Å². The van der Waals surface area contributed by atoms with Crippen LogP contribution in [0, 0.1) is 11.8 Å². The van der Waals surface area contributed by atoms with Crippen LogP contribution in [-0.2, 0) is 11.2 Å². The molecule has 1 aromatic carbocycles. The van der Waals surface area contributed by atoms with Gasteiger partial charge in [0, 0.05) is 38.3 Å². The van der Waals surface area contributed by atoms with E-state index in [0.717, 1.165) is 30.0 Å². The number of amides is 1. The third-order valence-electron chi connectivity index (χ3n) is 6.28. The van der Waals surface area contributed by atoms with Crippen molar-refractivity contribution in [3.63, 3.8) is 0 Å². The summed E-state index contributed by atoms with van der Waals surface area (Å²) in [6.45, 7) is 1.52. The molecule has 0 radical (unpaired) electrons. The SMILES string of the molecule is O=C(CCc1nc2ccccc2s1)N1C[C@H]2C[C@@H](Nc3cnccn3)[C@H](O)C[C@H]2C1. The number of hydrogen-bond donors (Lipinski definition) is 2. The van der Waals surface area contributed by atoms with Gasteiger partial charge in [0.15, 0.2) is 0 Å². The molecule has 1 aliphatic carbocycles. The van der Waals surface area contributed by atoms with Crippen LogP contribution >= 0.6 is 11.3 Å². The van der Waals surface area contributed by atoms with Gasteiger partial charge in [-0.3, -0.25) is 9.78 Å². The molecule has 2 aliphatic rings. The van der Waals surface area contributed by atoms with E-state index in [4.69, 9.17) is 0 Å². The highest BCUT2D eigenvalue weighted by Crippen LogP contribution is 2.37. The number of anilines is 1. The molecule has 1 amide bonds. The summed E-state index contributed by atoms with van der Waals surface area (Å²) in [6.07, 6.45) is 7.23. The Labute approximate surface area is 179 Å². The molecule has 3 aromatic rings. The van der Waals surface area contributed by atoms with Crippen LogP contribution in [0.1, 0.15) is 24.3 Å². The fourth-order valence-electron chi connectivity index (χ4n) is 4.75. The summed E-state index contributed by atoms with van der Waals surface area (Å²) in [7, 11) is 0. The van der Waals surface area contributed by atoms with Crippen LogP contribution in [0.4, 0.5) is 5.82 Å². The molecular weight excluding hydrogens is 398 g/mol. The molecule has 3 heterocycles. The highest BCUT2D eigenvalue weighted by atomic mass is 32.1. The summed E-state index contributed by atoms with van der Waals surface area (Å²) in [4.78, 5) is 27.8. The fraction of sp³-hybridized carbons (Fsp3) is 0.455. The maximum absolute atomic E-state index is 12.8. The molecular formula is C22H25N5O2S. The van der Waals surface area contributed by atoms with Crippen molar-refractivity contribution in [2.45, 2.75) is 37.8 Å². The molecule has 30 heavy (non-hydrogen) atoms. The zero-order valence-electron chi connectivity index (χ0n) is 16.6. The van der Waals surface area contributed by atoms with Crippen molar-refractivity contribution in [3.8, 4) is 0 Å². The highest BCUT2D eigenvalue weighted by Gasteiger charge is 2.42. The number of thiazole rings is 1. The quantitative estimate of drug-likeness (QED) is 0.656. The highest BCUT2D eigenvalue weighted by molar-refractivity contribution is 7.18. The van der Waals surface area contributed by atoms with Crippen LogP contribution in [0.3, 0.4) is 0 Å². The van der Waals surface area contributed by atoms with Gasteiger partial charge in [-0.15, -0.1) is 11.3 Å². The number of aliphatic hydroxyl groups excluding tert-OH is 1. The molecule has 0 unspecified atom stereocenters. The minimum Gasteiger partial charge on any atom is -0.391 e. The van der Waals surface area contributed by atoms with E-state index in [1.165, 1.54) is 4.70 Å². The van der Waals surface area contributed by atoms with E-state index in [0.29, 0.717) is 36.9 Å². The lowest BCUT2D eigenvalue weighted by Gasteiger charge is -2.35. The second kappa shape index (κ2) is 8.28. The number of benzene rings is 1. The molecule has 0 spiro atoms. The van der Waals surface area contributed by atoms with Crippen LogP contribution in [0.25, 0.3) is 10.2 Å². The number of carbonyl (C=O) groups is 1. The third kappa shape index (κ3) is 4.02. The van der Waals surface area contributed by atoms with Gasteiger partial charge in [-0.05, 0) is 36.8 Å². The van der Waals surface area contributed by atoms with Gasteiger partial charge < -0.3 is 15.3 Å². The molecule has 1 saturated heterocycles. The monoisotopic (exact) mass is 423 g/mol. The lowest BCUT2D eigenvalue weighted by atomic mass is 9.77. The van der Waals surface area contributed by atoms with Crippen molar-refractivity contribution >= 4 is 33.3 Å². The van der Waals surface area contributed by atoms with Crippen LogP contribution < -0.4 is 5.32 Å². The van der Waals surface area contributed by atoms with E-state index in [2.05, 4.69) is 26.3 Å². The number of nitrogens with zero attached hydrogens (tertiary/aromatic N) is 4. The average molecular weight is 424 g/mol. The number of aromatic nitrogens is 3. The minimum atomic E-state index is -0.439. The number of aryl methyl sites for hydroxylation is 1. The maximum atomic E-state index is 12.8. The molecule has 1 aliphatic heterocycles. The van der Waals surface area contributed by atoms with Gasteiger partial charge in [0.05, 0.1) is 33.6 Å². The number of hydrogen-bond acceptors (Lipinski definition) is 7. The molecule has 2 fully saturated rings. The van der Waals surface area contributed by atoms with Gasteiger partial charge in [0.2, 0.25) is 5.91 Å². The first-order chi connectivity index (χ1) is 14.7. The largest absolute Gasteiger partial charge is 0.391 e. The Morgan fingerprint density at radius 3 is 2.83 bits per heavy atom. The zero-order chi connectivity index (χ0) is 20.5. The number of nitrogens with one attached hydrogen (secondary N) is 1. The molecule has 5 rings (SSSR count). The fourth-order valence-corrected chi connectivity index (χ4v) is 5.72. The molecule has 156 valence electrons. The van der Waals surface area contributed by atoms with Crippen LogP contribution in [0.2, 0.25) is 0 Å². The van der Waals surface area contributed by atoms with Crippen molar-refractivity contribution in [1.29, 1.82) is 0 Å². The summed E-state index contributed by atoms with van der Waals surface area (Å²) in [5.41, 5.74) is 1.01. The van der Waals surface area contributed by atoms with Crippen molar-refractivity contribution in [2.75, 3.05) is 18.4 Å². The third-order valence-corrected chi connectivity index (χ3v) is 7.38. The summed E-state index contributed by atoms with van der Waals surface area (Å²) < 4.78 is 1.17. The number of fused-ring (bicyclic) bond motifs is 2. The number of para-hydroxylation sites is 1. The number of likely N-dealkylation sites (tertiary alicyclic amines) is 1. The topological polar surface area (TPSA) is 91.2 Å². The van der Waals surface area contributed by atoms with Gasteiger partial charge in [0.25, 0.3) is 0 Å². The Kier molecular flexibility index (Phi) is 5.35. The number of aliphatic hydroxyl groups is 1. The number of rotatable bonds is 5. The normalized spacial score (nSPS) is 26.0. The number of carbonyl (C=O) groups excluding carboxylic acids is 1. The van der Waals surface area contributed by atoms with E-state index < -0.39 is 6.10 Å². The van der Waals surface area contributed by atoms with Crippen LogP contribution in [0.15, 0.2) is 42.9 Å².